The largest absolute Gasteiger partial charge is 0.478 e. The number of rotatable bonds is 4. The minimum Gasteiger partial charge on any atom is -0.478 e. The maximum absolute atomic E-state index is 12.2. The minimum absolute atomic E-state index is 0.123. The number of anilines is 1. The molecule has 2 N–H and O–H groups in total. The van der Waals surface area contributed by atoms with E-state index in [2.05, 4.69) is 5.32 Å². The molecule has 6 heteroatoms. The summed E-state index contributed by atoms with van der Waals surface area (Å²) in [5.41, 5.74) is 0.769. The summed E-state index contributed by atoms with van der Waals surface area (Å²) in [7, 11) is 0. The van der Waals surface area contributed by atoms with Crippen LogP contribution in [0.15, 0.2) is 48.5 Å². The van der Waals surface area contributed by atoms with Crippen molar-refractivity contribution in [2.24, 2.45) is 0 Å². The summed E-state index contributed by atoms with van der Waals surface area (Å²) in [5, 5.41) is 11.4. The zero-order valence-corrected chi connectivity index (χ0v) is 11.7. The number of amides is 1. The van der Waals surface area contributed by atoms with Crippen LogP contribution >= 0.6 is 0 Å². The molecule has 22 heavy (non-hydrogen) atoms. The lowest BCUT2D eigenvalue weighted by atomic mass is 10.1. The highest BCUT2D eigenvalue weighted by atomic mass is 16.5. The Morgan fingerprint density at radius 2 is 1.64 bits per heavy atom. The third-order valence-corrected chi connectivity index (χ3v) is 2.78. The molecule has 1 amide bonds. The highest BCUT2D eigenvalue weighted by Gasteiger charge is 2.14. The van der Waals surface area contributed by atoms with Gasteiger partial charge in [0, 0.05) is 12.6 Å². The van der Waals surface area contributed by atoms with Crippen LogP contribution in [0.4, 0.5) is 5.69 Å². The van der Waals surface area contributed by atoms with E-state index in [0.717, 1.165) is 0 Å². The summed E-state index contributed by atoms with van der Waals surface area (Å²) in [6, 6.07) is 12.1. The molecule has 0 atom stereocenters. The highest BCUT2D eigenvalue weighted by Crippen LogP contribution is 2.20. The van der Waals surface area contributed by atoms with Crippen molar-refractivity contribution in [3.8, 4) is 5.75 Å². The maximum Gasteiger partial charge on any atom is 0.335 e. The summed E-state index contributed by atoms with van der Waals surface area (Å²) in [6.07, 6.45) is 0. The third kappa shape index (κ3) is 3.69. The summed E-state index contributed by atoms with van der Waals surface area (Å²) >= 11 is 0. The summed E-state index contributed by atoms with van der Waals surface area (Å²) in [5.74, 6) is -1.86. The lowest BCUT2D eigenvalue weighted by Gasteiger charge is -2.09. The number of carbonyl (C=O) groups is 3. The fourth-order valence-corrected chi connectivity index (χ4v) is 1.79. The van der Waals surface area contributed by atoms with Gasteiger partial charge in [0.25, 0.3) is 5.91 Å². The fourth-order valence-electron chi connectivity index (χ4n) is 1.79. The molecule has 2 aromatic carbocycles. The van der Waals surface area contributed by atoms with Crippen molar-refractivity contribution in [1.29, 1.82) is 0 Å². The smallest absolute Gasteiger partial charge is 0.335 e. The van der Waals surface area contributed by atoms with Crippen LogP contribution < -0.4 is 10.1 Å². The van der Waals surface area contributed by atoms with Crippen molar-refractivity contribution in [2.45, 2.75) is 6.92 Å². The monoisotopic (exact) mass is 299 g/mol. The molecule has 0 saturated carbocycles. The molecule has 0 saturated heterocycles. The standard InChI is InChI=1S/C16H13NO5/c1-10(18)22-14-5-3-2-4-13(14)15(19)17-12-8-6-11(7-9-12)16(20)21/h2-9H,1H3,(H,17,19)(H,20,21). The lowest BCUT2D eigenvalue weighted by Crippen LogP contribution is -2.15. The normalized spacial score (nSPS) is 9.86. The first-order valence-electron chi connectivity index (χ1n) is 6.39. The molecular weight excluding hydrogens is 286 g/mol. The van der Waals surface area contributed by atoms with Gasteiger partial charge in [-0.15, -0.1) is 0 Å². The molecule has 0 radical (unpaired) electrons. The summed E-state index contributed by atoms with van der Waals surface area (Å²) in [4.78, 5) is 34.0. The average molecular weight is 299 g/mol. The number of ether oxygens (including phenoxy) is 1. The third-order valence-electron chi connectivity index (χ3n) is 2.78. The van der Waals surface area contributed by atoms with E-state index in [1.165, 1.54) is 43.3 Å². The van der Waals surface area contributed by atoms with Crippen molar-refractivity contribution in [2.75, 3.05) is 5.32 Å². The highest BCUT2D eigenvalue weighted by molar-refractivity contribution is 6.06. The molecule has 2 aromatic rings. The number of hydrogen-bond donors (Lipinski definition) is 2. The van der Waals surface area contributed by atoms with E-state index < -0.39 is 17.8 Å². The predicted molar refractivity (Wildman–Crippen MR) is 79.1 cm³/mol. The number of carbonyl (C=O) groups excluding carboxylic acids is 2. The Morgan fingerprint density at radius 1 is 1.00 bits per heavy atom. The molecule has 2 rings (SSSR count). The van der Waals surface area contributed by atoms with Crippen molar-refractivity contribution in [3.63, 3.8) is 0 Å². The minimum atomic E-state index is -1.04. The van der Waals surface area contributed by atoms with Crippen LogP contribution in [0.1, 0.15) is 27.6 Å². The SMILES string of the molecule is CC(=O)Oc1ccccc1C(=O)Nc1ccc(C(=O)O)cc1. The van der Waals surface area contributed by atoms with Gasteiger partial charge in [-0.05, 0) is 36.4 Å². The number of para-hydroxylation sites is 1. The van der Waals surface area contributed by atoms with E-state index in [1.807, 2.05) is 0 Å². The van der Waals surface area contributed by atoms with Crippen LogP contribution in [0.2, 0.25) is 0 Å². The second kappa shape index (κ2) is 6.53. The van der Waals surface area contributed by atoms with Crippen LogP contribution in [0.5, 0.6) is 5.75 Å². The first-order valence-corrected chi connectivity index (χ1v) is 6.39. The van der Waals surface area contributed by atoms with Gasteiger partial charge in [0.1, 0.15) is 5.75 Å². The first kappa shape index (κ1) is 15.2. The molecule has 6 nitrogen and oxygen atoms in total. The molecule has 0 bridgehead atoms. The summed E-state index contributed by atoms with van der Waals surface area (Å²) < 4.78 is 4.98. The second-order valence-electron chi connectivity index (χ2n) is 4.43. The number of esters is 1. The Labute approximate surface area is 126 Å². The topological polar surface area (TPSA) is 92.7 Å². The number of carboxylic acid groups (broad SMARTS) is 1. The lowest BCUT2D eigenvalue weighted by molar-refractivity contribution is -0.131. The van der Waals surface area contributed by atoms with Crippen molar-refractivity contribution in [3.05, 3.63) is 59.7 Å². The molecule has 0 unspecified atom stereocenters. The molecule has 0 aliphatic carbocycles. The zero-order chi connectivity index (χ0) is 16.1. The molecule has 0 heterocycles. The Hall–Kier alpha value is -3.15. The van der Waals surface area contributed by atoms with Gasteiger partial charge >= 0.3 is 11.9 Å². The van der Waals surface area contributed by atoms with Gasteiger partial charge in [-0.1, -0.05) is 12.1 Å². The Bertz CT molecular complexity index is 722. The first-order chi connectivity index (χ1) is 10.5. The Morgan fingerprint density at radius 3 is 2.23 bits per heavy atom. The van der Waals surface area contributed by atoms with Gasteiger partial charge in [-0.2, -0.15) is 0 Å². The van der Waals surface area contributed by atoms with E-state index in [9.17, 15) is 14.4 Å². The number of nitrogens with one attached hydrogen (secondary N) is 1. The number of benzene rings is 2. The molecule has 0 fully saturated rings. The van der Waals surface area contributed by atoms with Gasteiger partial charge < -0.3 is 15.2 Å². The van der Waals surface area contributed by atoms with E-state index in [-0.39, 0.29) is 16.9 Å². The van der Waals surface area contributed by atoms with E-state index in [1.54, 1.807) is 12.1 Å². The summed E-state index contributed by atoms with van der Waals surface area (Å²) in [6.45, 7) is 1.25. The average Bonchev–Trinajstić information content (AvgIpc) is 2.47. The molecule has 0 aliphatic rings. The van der Waals surface area contributed by atoms with E-state index in [0.29, 0.717) is 5.69 Å². The van der Waals surface area contributed by atoms with Gasteiger partial charge in [0.05, 0.1) is 11.1 Å². The molecular formula is C16H13NO5. The second-order valence-corrected chi connectivity index (χ2v) is 4.43. The van der Waals surface area contributed by atoms with Gasteiger partial charge in [0.2, 0.25) is 0 Å². The van der Waals surface area contributed by atoms with Crippen molar-refractivity contribution < 1.29 is 24.2 Å². The van der Waals surface area contributed by atoms with Crippen LogP contribution in [0.3, 0.4) is 0 Å². The molecule has 0 spiro atoms. The quantitative estimate of drug-likeness (QED) is 0.668. The predicted octanol–water partition coefficient (Wildman–Crippen LogP) is 2.56. The Kier molecular flexibility index (Phi) is 4.53. The maximum atomic E-state index is 12.2. The van der Waals surface area contributed by atoms with E-state index >= 15 is 0 Å². The number of aromatic carboxylic acids is 1. The van der Waals surface area contributed by atoms with E-state index in [4.69, 9.17) is 9.84 Å². The van der Waals surface area contributed by atoms with Gasteiger partial charge in [-0.25, -0.2) is 4.79 Å². The van der Waals surface area contributed by atoms with Crippen LogP contribution in [0.25, 0.3) is 0 Å². The van der Waals surface area contributed by atoms with Gasteiger partial charge in [0.15, 0.2) is 0 Å². The fraction of sp³-hybridized carbons (Fsp3) is 0.0625. The van der Waals surface area contributed by atoms with Crippen LogP contribution in [-0.4, -0.2) is 23.0 Å². The van der Waals surface area contributed by atoms with Crippen LogP contribution in [-0.2, 0) is 4.79 Å². The molecule has 0 aliphatic heterocycles. The molecule has 0 aromatic heterocycles. The Balaban J connectivity index is 2.18. The van der Waals surface area contributed by atoms with Crippen LogP contribution in [0, 0.1) is 0 Å². The number of hydrogen-bond acceptors (Lipinski definition) is 4. The van der Waals surface area contributed by atoms with Crippen molar-refractivity contribution >= 4 is 23.5 Å². The number of carboxylic acids is 1. The zero-order valence-electron chi connectivity index (χ0n) is 11.7. The molecule has 112 valence electrons. The van der Waals surface area contributed by atoms with Crippen molar-refractivity contribution in [1.82, 2.24) is 0 Å². The van der Waals surface area contributed by atoms with Gasteiger partial charge in [-0.3, -0.25) is 9.59 Å².